The first-order valence-corrected chi connectivity index (χ1v) is 8.39. The molecule has 0 fully saturated rings. The number of nitrogens with zero attached hydrogens (tertiary/aromatic N) is 1. The van der Waals surface area contributed by atoms with Gasteiger partial charge in [0.2, 0.25) is 5.91 Å². The van der Waals surface area contributed by atoms with Crippen molar-refractivity contribution in [1.82, 2.24) is 10.2 Å². The Morgan fingerprint density at radius 3 is 2.62 bits per heavy atom. The molecular weight excluding hydrogens is 304 g/mol. The molecular formula is C19H28N2O3. The van der Waals surface area contributed by atoms with Crippen molar-refractivity contribution < 1.29 is 14.3 Å². The standard InChI is InChI=1S/C19H28N2O3/c1-6-8-21-9-7-14-10-17(23-4)18(24-5)11-15(14)16(21)12-20-19(22)13(2)3/h6,10-11,13,16H,1,7-9,12H2,2-5H3,(H,20,22). The van der Waals surface area contributed by atoms with Crippen LogP contribution in [-0.4, -0.2) is 44.7 Å². The first kappa shape index (κ1) is 18.3. The fourth-order valence-electron chi connectivity index (χ4n) is 3.10. The van der Waals surface area contributed by atoms with Gasteiger partial charge >= 0.3 is 0 Å². The zero-order chi connectivity index (χ0) is 17.7. The van der Waals surface area contributed by atoms with Crippen LogP contribution in [0.3, 0.4) is 0 Å². The number of benzene rings is 1. The molecule has 1 amide bonds. The maximum Gasteiger partial charge on any atom is 0.222 e. The minimum absolute atomic E-state index is 0.0219. The van der Waals surface area contributed by atoms with E-state index in [1.54, 1.807) is 14.2 Å². The van der Waals surface area contributed by atoms with Crippen molar-refractivity contribution in [3.8, 4) is 11.5 Å². The molecule has 24 heavy (non-hydrogen) atoms. The molecule has 0 aliphatic carbocycles. The number of methoxy groups -OCH3 is 2. The fraction of sp³-hybridized carbons (Fsp3) is 0.526. The normalized spacial score (nSPS) is 17.3. The highest BCUT2D eigenvalue weighted by Crippen LogP contribution is 2.37. The summed E-state index contributed by atoms with van der Waals surface area (Å²) in [6, 6.07) is 4.20. The quantitative estimate of drug-likeness (QED) is 0.780. The van der Waals surface area contributed by atoms with Crippen LogP contribution in [0.2, 0.25) is 0 Å². The van der Waals surface area contributed by atoms with Crippen LogP contribution in [0, 0.1) is 5.92 Å². The Labute approximate surface area is 144 Å². The number of hydrogen-bond acceptors (Lipinski definition) is 4. The number of amides is 1. The molecule has 0 radical (unpaired) electrons. The molecule has 132 valence electrons. The first-order chi connectivity index (χ1) is 11.5. The van der Waals surface area contributed by atoms with E-state index >= 15 is 0 Å². The summed E-state index contributed by atoms with van der Waals surface area (Å²) in [6.07, 6.45) is 2.85. The van der Waals surface area contributed by atoms with Gasteiger partial charge in [-0.3, -0.25) is 9.69 Å². The second-order valence-electron chi connectivity index (χ2n) is 6.36. The van der Waals surface area contributed by atoms with Crippen LogP contribution in [-0.2, 0) is 11.2 Å². The number of fused-ring (bicyclic) bond motifs is 1. The van der Waals surface area contributed by atoms with Gasteiger partial charge in [-0.05, 0) is 29.7 Å². The van der Waals surface area contributed by atoms with Crippen LogP contribution in [0.25, 0.3) is 0 Å². The number of hydrogen-bond donors (Lipinski definition) is 1. The molecule has 5 heteroatoms. The minimum atomic E-state index is -0.0219. The summed E-state index contributed by atoms with van der Waals surface area (Å²) in [4.78, 5) is 14.3. The molecule has 0 spiro atoms. The summed E-state index contributed by atoms with van der Waals surface area (Å²) in [5, 5.41) is 3.06. The fourth-order valence-corrected chi connectivity index (χ4v) is 3.10. The van der Waals surface area contributed by atoms with E-state index in [-0.39, 0.29) is 17.9 Å². The highest BCUT2D eigenvalue weighted by Gasteiger charge is 2.29. The van der Waals surface area contributed by atoms with Crippen LogP contribution in [0.1, 0.15) is 31.0 Å². The van der Waals surface area contributed by atoms with Crippen LogP contribution in [0.15, 0.2) is 24.8 Å². The molecule has 1 aromatic rings. The van der Waals surface area contributed by atoms with Gasteiger partial charge in [-0.2, -0.15) is 0 Å². The van der Waals surface area contributed by atoms with E-state index in [1.807, 2.05) is 26.0 Å². The summed E-state index contributed by atoms with van der Waals surface area (Å²) in [7, 11) is 3.29. The third-order valence-electron chi connectivity index (χ3n) is 4.47. The van der Waals surface area contributed by atoms with E-state index < -0.39 is 0 Å². The zero-order valence-electron chi connectivity index (χ0n) is 15.1. The summed E-state index contributed by atoms with van der Waals surface area (Å²) in [5.41, 5.74) is 2.43. The van der Waals surface area contributed by atoms with Crippen LogP contribution >= 0.6 is 0 Å². The molecule has 1 heterocycles. The number of carbonyl (C=O) groups is 1. The largest absolute Gasteiger partial charge is 0.493 e. The van der Waals surface area contributed by atoms with Gasteiger partial charge in [0.25, 0.3) is 0 Å². The van der Waals surface area contributed by atoms with Crippen molar-refractivity contribution in [2.24, 2.45) is 5.92 Å². The number of carbonyl (C=O) groups excluding carboxylic acids is 1. The summed E-state index contributed by atoms with van der Waals surface area (Å²) < 4.78 is 10.9. The van der Waals surface area contributed by atoms with Crippen molar-refractivity contribution in [2.75, 3.05) is 33.9 Å². The predicted molar refractivity (Wildman–Crippen MR) is 95.6 cm³/mol. The number of nitrogens with one attached hydrogen (secondary N) is 1. The third-order valence-corrected chi connectivity index (χ3v) is 4.47. The van der Waals surface area contributed by atoms with Gasteiger partial charge in [-0.1, -0.05) is 19.9 Å². The Morgan fingerprint density at radius 1 is 1.38 bits per heavy atom. The zero-order valence-corrected chi connectivity index (χ0v) is 15.1. The molecule has 5 nitrogen and oxygen atoms in total. The maximum absolute atomic E-state index is 12.0. The van der Waals surface area contributed by atoms with E-state index in [2.05, 4.69) is 22.9 Å². The molecule has 1 aliphatic rings. The van der Waals surface area contributed by atoms with E-state index in [4.69, 9.17) is 9.47 Å². The molecule has 1 N–H and O–H groups in total. The molecule has 1 aliphatic heterocycles. The van der Waals surface area contributed by atoms with Crippen molar-refractivity contribution in [2.45, 2.75) is 26.3 Å². The van der Waals surface area contributed by atoms with Crippen LogP contribution in [0.4, 0.5) is 0 Å². The van der Waals surface area contributed by atoms with E-state index in [0.29, 0.717) is 6.54 Å². The van der Waals surface area contributed by atoms with Gasteiger partial charge in [0.05, 0.1) is 20.3 Å². The van der Waals surface area contributed by atoms with Crippen molar-refractivity contribution >= 4 is 5.91 Å². The lowest BCUT2D eigenvalue weighted by molar-refractivity contribution is -0.124. The average Bonchev–Trinajstić information content (AvgIpc) is 2.59. The first-order valence-electron chi connectivity index (χ1n) is 8.39. The Balaban J connectivity index is 2.33. The lowest BCUT2D eigenvalue weighted by Crippen LogP contribution is -2.43. The van der Waals surface area contributed by atoms with Gasteiger partial charge in [0, 0.05) is 25.6 Å². The third kappa shape index (κ3) is 3.90. The van der Waals surface area contributed by atoms with Gasteiger partial charge in [-0.25, -0.2) is 0 Å². The smallest absolute Gasteiger partial charge is 0.222 e. The Hall–Kier alpha value is -2.01. The Bertz CT molecular complexity index is 599. The predicted octanol–water partition coefficient (Wildman–Crippen LogP) is 2.56. The molecule has 0 aromatic heterocycles. The van der Waals surface area contributed by atoms with E-state index in [1.165, 1.54) is 11.1 Å². The molecule has 0 saturated heterocycles. The Morgan fingerprint density at radius 2 is 2.04 bits per heavy atom. The van der Waals surface area contributed by atoms with Crippen LogP contribution < -0.4 is 14.8 Å². The Kier molecular flexibility index (Phi) is 6.26. The second kappa shape index (κ2) is 8.20. The molecule has 1 aromatic carbocycles. The van der Waals surface area contributed by atoms with Gasteiger partial charge in [-0.15, -0.1) is 6.58 Å². The van der Waals surface area contributed by atoms with Crippen molar-refractivity contribution in [1.29, 1.82) is 0 Å². The SMILES string of the molecule is C=CCN1CCc2cc(OC)c(OC)cc2C1CNC(=O)C(C)C. The lowest BCUT2D eigenvalue weighted by atomic mass is 9.91. The number of ether oxygens (including phenoxy) is 2. The minimum Gasteiger partial charge on any atom is -0.493 e. The van der Waals surface area contributed by atoms with Gasteiger partial charge in [0.1, 0.15) is 0 Å². The van der Waals surface area contributed by atoms with Crippen molar-refractivity contribution in [3.63, 3.8) is 0 Å². The average molecular weight is 332 g/mol. The van der Waals surface area contributed by atoms with Crippen LogP contribution in [0.5, 0.6) is 11.5 Å². The second-order valence-corrected chi connectivity index (χ2v) is 6.36. The summed E-state index contributed by atoms with van der Waals surface area (Å²) in [5.74, 6) is 1.52. The topological polar surface area (TPSA) is 50.8 Å². The molecule has 1 unspecified atom stereocenters. The molecule has 0 saturated carbocycles. The summed E-state index contributed by atoms with van der Waals surface area (Å²) >= 11 is 0. The van der Waals surface area contributed by atoms with Crippen molar-refractivity contribution in [3.05, 3.63) is 35.9 Å². The highest BCUT2D eigenvalue weighted by atomic mass is 16.5. The molecule has 1 atom stereocenters. The lowest BCUT2D eigenvalue weighted by Gasteiger charge is -2.37. The highest BCUT2D eigenvalue weighted by molar-refractivity contribution is 5.77. The summed E-state index contributed by atoms with van der Waals surface area (Å²) in [6.45, 7) is 9.95. The monoisotopic (exact) mass is 332 g/mol. The van der Waals surface area contributed by atoms with E-state index in [0.717, 1.165) is 31.0 Å². The molecule has 2 rings (SSSR count). The maximum atomic E-state index is 12.0. The van der Waals surface area contributed by atoms with E-state index in [9.17, 15) is 4.79 Å². The van der Waals surface area contributed by atoms with Gasteiger partial charge in [0.15, 0.2) is 11.5 Å². The van der Waals surface area contributed by atoms with Gasteiger partial charge < -0.3 is 14.8 Å². The molecule has 0 bridgehead atoms. The number of rotatable bonds is 7.